The van der Waals surface area contributed by atoms with Crippen molar-refractivity contribution in [3.8, 4) is 0 Å². The molecule has 2 nitrogen and oxygen atoms in total. The zero-order valence-electron chi connectivity index (χ0n) is 12.3. The van der Waals surface area contributed by atoms with Gasteiger partial charge in [-0.15, -0.1) is 11.6 Å². The standard InChI is InChI=1S/C17H19ClN2S/c1-12-3-4-15-16(9-12)20(17(19-15)5-7-18)13(2)10-14-6-8-21-11-14/h3-4,6,8-9,11,13H,5,7,10H2,1-2H3. The first kappa shape index (κ1) is 14.6. The number of benzene rings is 1. The van der Waals surface area contributed by atoms with E-state index in [9.17, 15) is 0 Å². The quantitative estimate of drug-likeness (QED) is 0.606. The Labute approximate surface area is 134 Å². The third-order valence-corrected chi connectivity index (χ3v) is 4.71. The Kier molecular flexibility index (Phi) is 4.32. The Balaban J connectivity index is 2.05. The molecule has 4 heteroatoms. The van der Waals surface area contributed by atoms with E-state index in [1.54, 1.807) is 11.3 Å². The van der Waals surface area contributed by atoms with E-state index in [2.05, 4.69) is 53.4 Å². The normalized spacial score (nSPS) is 12.9. The number of thiophene rings is 1. The van der Waals surface area contributed by atoms with E-state index in [1.165, 1.54) is 16.6 Å². The van der Waals surface area contributed by atoms with Crippen molar-refractivity contribution >= 4 is 34.0 Å². The van der Waals surface area contributed by atoms with Crippen molar-refractivity contribution in [2.75, 3.05) is 5.88 Å². The molecule has 2 aromatic heterocycles. The summed E-state index contributed by atoms with van der Waals surface area (Å²) in [5, 5.41) is 4.36. The summed E-state index contributed by atoms with van der Waals surface area (Å²) in [4.78, 5) is 4.77. The van der Waals surface area contributed by atoms with Gasteiger partial charge in [-0.2, -0.15) is 11.3 Å². The zero-order valence-corrected chi connectivity index (χ0v) is 13.9. The predicted molar refractivity (Wildman–Crippen MR) is 91.6 cm³/mol. The average Bonchev–Trinajstić information content (AvgIpc) is 3.06. The number of fused-ring (bicyclic) bond motifs is 1. The molecular weight excluding hydrogens is 300 g/mol. The largest absolute Gasteiger partial charge is 0.325 e. The van der Waals surface area contributed by atoms with Gasteiger partial charge in [0.15, 0.2) is 0 Å². The Morgan fingerprint density at radius 1 is 1.33 bits per heavy atom. The molecule has 21 heavy (non-hydrogen) atoms. The maximum absolute atomic E-state index is 5.96. The lowest BCUT2D eigenvalue weighted by Gasteiger charge is -2.17. The molecule has 3 aromatic rings. The third kappa shape index (κ3) is 2.99. The lowest BCUT2D eigenvalue weighted by Crippen LogP contribution is -2.12. The van der Waals surface area contributed by atoms with Crippen molar-refractivity contribution in [1.82, 2.24) is 9.55 Å². The van der Waals surface area contributed by atoms with Gasteiger partial charge in [-0.3, -0.25) is 0 Å². The maximum atomic E-state index is 5.96. The van der Waals surface area contributed by atoms with E-state index in [0.29, 0.717) is 11.9 Å². The van der Waals surface area contributed by atoms with Gasteiger partial charge < -0.3 is 4.57 Å². The summed E-state index contributed by atoms with van der Waals surface area (Å²) in [7, 11) is 0. The van der Waals surface area contributed by atoms with Crippen molar-refractivity contribution in [1.29, 1.82) is 0 Å². The van der Waals surface area contributed by atoms with Crippen LogP contribution in [0.25, 0.3) is 11.0 Å². The van der Waals surface area contributed by atoms with Crippen LogP contribution in [0.5, 0.6) is 0 Å². The molecule has 2 heterocycles. The van der Waals surface area contributed by atoms with Gasteiger partial charge in [-0.05, 0) is 60.4 Å². The molecule has 0 aliphatic carbocycles. The lowest BCUT2D eigenvalue weighted by atomic mass is 10.1. The number of nitrogens with zero attached hydrogens (tertiary/aromatic N) is 2. The fraction of sp³-hybridized carbons (Fsp3) is 0.353. The van der Waals surface area contributed by atoms with Crippen LogP contribution in [0.1, 0.15) is 29.9 Å². The van der Waals surface area contributed by atoms with Gasteiger partial charge in [0, 0.05) is 18.3 Å². The Morgan fingerprint density at radius 3 is 2.90 bits per heavy atom. The number of hydrogen-bond donors (Lipinski definition) is 0. The van der Waals surface area contributed by atoms with Crippen molar-refractivity contribution in [3.63, 3.8) is 0 Å². The molecule has 1 aromatic carbocycles. The molecule has 0 saturated carbocycles. The molecule has 0 N–H and O–H groups in total. The molecule has 0 saturated heterocycles. The number of aryl methyl sites for hydroxylation is 2. The summed E-state index contributed by atoms with van der Waals surface area (Å²) in [6.45, 7) is 4.39. The molecule has 0 radical (unpaired) electrons. The highest BCUT2D eigenvalue weighted by atomic mass is 35.5. The van der Waals surface area contributed by atoms with Crippen LogP contribution in [0.15, 0.2) is 35.0 Å². The second-order valence-corrected chi connectivity index (χ2v) is 6.67. The van der Waals surface area contributed by atoms with E-state index in [-0.39, 0.29) is 0 Å². The second-order valence-electron chi connectivity index (χ2n) is 5.51. The first-order chi connectivity index (χ1) is 10.2. The fourth-order valence-electron chi connectivity index (χ4n) is 2.85. The topological polar surface area (TPSA) is 17.8 Å². The van der Waals surface area contributed by atoms with E-state index >= 15 is 0 Å². The van der Waals surface area contributed by atoms with Crippen LogP contribution < -0.4 is 0 Å². The molecular formula is C17H19ClN2S. The molecule has 0 amide bonds. The number of hydrogen-bond acceptors (Lipinski definition) is 2. The van der Waals surface area contributed by atoms with Crippen LogP contribution in [0, 0.1) is 6.92 Å². The number of halogens is 1. The van der Waals surface area contributed by atoms with Crippen LogP contribution in [0.4, 0.5) is 0 Å². The third-order valence-electron chi connectivity index (χ3n) is 3.79. The Morgan fingerprint density at radius 2 is 2.19 bits per heavy atom. The van der Waals surface area contributed by atoms with Gasteiger partial charge in [0.2, 0.25) is 0 Å². The van der Waals surface area contributed by atoms with Crippen LogP contribution in [-0.4, -0.2) is 15.4 Å². The van der Waals surface area contributed by atoms with Crippen LogP contribution in [0.2, 0.25) is 0 Å². The number of imidazole rings is 1. The molecule has 110 valence electrons. The van der Waals surface area contributed by atoms with Crippen LogP contribution >= 0.6 is 22.9 Å². The number of aromatic nitrogens is 2. The molecule has 0 aliphatic heterocycles. The highest BCUT2D eigenvalue weighted by Crippen LogP contribution is 2.25. The summed E-state index contributed by atoms with van der Waals surface area (Å²) < 4.78 is 2.36. The van der Waals surface area contributed by atoms with Gasteiger partial charge >= 0.3 is 0 Å². The van der Waals surface area contributed by atoms with Crippen molar-refractivity contribution in [2.45, 2.75) is 32.7 Å². The van der Waals surface area contributed by atoms with Gasteiger partial charge in [-0.25, -0.2) is 4.98 Å². The highest BCUT2D eigenvalue weighted by molar-refractivity contribution is 7.07. The van der Waals surface area contributed by atoms with E-state index in [0.717, 1.165) is 24.2 Å². The predicted octanol–water partition coefficient (Wildman–Crippen LogP) is 4.99. The van der Waals surface area contributed by atoms with Crippen LogP contribution in [-0.2, 0) is 12.8 Å². The summed E-state index contributed by atoms with van der Waals surface area (Å²) in [5.74, 6) is 1.70. The van der Waals surface area contributed by atoms with E-state index in [1.807, 2.05) is 0 Å². The van der Waals surface area contributed by atoms with Crippen molar-refractivity contribution in [3.05, 3.63) is 52.0 Å². The first-order valence-corrected chi connectivity index (χ1v) is 8.71. The minimum absolute atomic E-state index is 0.379. The molecule has 1 atom stereocenters. The Bertz CT molecular complexity index is 731. The van der Waals surface area contributed by atoms with E-state index in [4.69, 9.17) is 16.6 Å². The monoisotopic (exact) mass is 318 g/mol. The SMILES string of the molecule is Cc1ccc2nc(CCCl)n(C(C)Cc3ccsc3)c2c1. The molecule has 0 fully saturated rings. The van der Waals surface area contributed by atoms with Crippen molar-refractivity contribution < 1.29 is 0 Å². The summed E-state index contributed by atoms with van der Waals surface area (Å²) in [6.07, 6.45) is 1.83. The maximum Gasteiger partial charge on any atom is 0.111 e. The molecule has 0 spiro atoms. The molecule has 0 aliphatic rings. The average molecular weight is 319 g/mol. The summed E-state index contributed by atoms with van der Waals surface area (Å²) in [6, 6.07) is 9.03. The smallest absolute Gasteiger partial charge is 0.111 e. The lowest BCUT2D eigenvalue weighted by molar-refractivity contribution is 0.538. The first-order valence-electron chi connectivity index (χ1n) is 7.23. The van der Waals surface area contributed by atoms with Gasteiger partial charge in [0.1, 0.15) is 5.82 Å². The zero-order chi connectivity index (χ0) is 14.8. The highest BCUT2D eigenvalue weighted by Gasteiger charge is 2.16. The summed E-state index contributed by atoms with van der Waals surface area (Å²) >= 11 is 7.72. The van der Waals surface area contributed by atoms with Gasteiger partial charge in [0.25, 0.3) is 0 Å². The van der Waals surface area contributed by atoms with Crippen molar-refractivity contribution in [2.24, 2.45) is 0 Å². The number of rotatable bonds is 5. The minimum Gasteiger partial charge on any atom is -0.325 e. The number of alkyl halides is 1. The van der Waals surface area contributed by atoms with Crippen LogP contribution in [0.3, 0.4) is 0 Å². The van der Waals surface area contributed by atoms with E-state index < -0.39 is 0 Å². The second kappa shape index (κ2) is 6.20. The molecule has 1 unspecified atom stereocenters. The van der Waals surface area contributed by atoms with Gasteiger partial charge in [0.05, 0.1) is 11.0 Å². The van der Waals surface area contributed by atoms with Gasteiger partial charge in [-0.1, -0.05) is 6.07 Å². The summed E-state index contributed by atoms with van der Waals surface area (Å²) in [5.41, 5.74) is 4.94. The molecule has 0 bridgehead atoms. The Hall–Kier alpha value is -1.32. The fourth-order valence-corrected chi connectivity index (χ4v) is 3.70. The molecule has 3 rings (SSSR count). The minimum atomic E-state index is 0.379.